The standard InChI is InChI=1S/C27H28N4O5/c1-16-13-30-14-22(29-24(30)17(2)28-16)21-11-18-8-9-20(12-23(18)35-25(21)32)34-15-19-7-6-10-31(19)26(33)36-27(3,4)5/h6-9,11-14,19H,10,15H2,1-5H3/t19-/m1/s1. The van der Waals surface area contributed by atoms with E-state index in [1.54, 1.807) is 23.2 Å². The van der Waals surface area contributed by atoms with Gasteiger partial charge in [0.1, 0.15) is 23.5 Å². The molecule has 1 aliphatic heterocycles. The third-order valence-corrected chi connectivity index (χ3v) is 5.82. The van der Waals surface area contributed by atoms with Crippen LogP contribution in [0.5, 0.6) is 5.75 Å². The zero-order valence-corrected chi connectivity index (χ0v) is 20.9. The van der Waals surface area contributed by atoms with Gasteiger partial charge in [0.25, 0.3) is 0 Å². The van der Waals surface area contributed by atoms with Crippen LogP contribution in [0.1, 0.15) is 32.2 Å². The third kappa shape index (κ3) is 4.68. The van der Waals surface area contributed by atoms with Gasteiger partial charge < -0.3 is 18.3 Å². The number of hydrogen-bond donors (Lipinski definition) is 0. The van der Waals surface area contributed by atoms with Gasteiger partial charge in [-0.25, -0.2) is 14.6 Å². The fraction of sp³-hybridized carbons (Fsp3) is 0.333. The normalized spacial score (nSPS) is 15.7. The lowest BCUT2D eigenvalue weighted by Crippen LogP contribution is -2.42. The smallest absolute Gasteiger partial charge is 0.411 e. The molecule has 0 aliphatic carbocycles. The molecule has 1 amide bonds. The van der Waals surface area contributed by atoms with Crippen LogP contribution in [0.25, 0.3) is 27.9 Å². The number of aryl methyl sites for hydroxylation is 2. The molecule has 5 rings (SSSR count). The SMILES string of the molecule is Cc1cn2cc(-c3cc4ccc(OC[C@H]5C=CCN5C(=O)OC(C)(C)C)cc4oc3=O)nc2c(C)n1. The second-order valence-corrected chi connectivity index (χ2v) is 9.91. The van der Waals surface area contributed by atoms with Crippen LogP contribution in [0, 0.1) is 13.8 Å². The minimum atomic E-state index is -0.572. The molecule has 36 heavy (non-hydrogen) atoms. The molecule has 1 aliphatic rings. The average Bonchev–Trinajstić information content (AvgIpc) is 3.43. The van der Waals surface area contributed by atoms with Crippen LogP contribution in [0.15, 0.2) is 58.0 Å². The molecular formula is C27H28N4O5. The first-order chi connectivity index (χ1) is 17.1. The molecule has 0 radical (unpaired) electrons. The first-order valence-corrected chi connectivity index (χ1v) is 11.8. The monoisotopic (exact) mass is 488 g/mol. The zero-order valence-electron chi connectivity index (χ0n) is 20.9. The van der Waals surface area contributed by atoms with E-state index in [1.807, 2.05) is 69.5 Å². The molecule has 1 aromatic carbocycles. The van der Waals surface area contributed by atoms with Crippen LogP contribution in [-0.4, -0.2) is 50.2 Å². The summed E-state index contributed by atoms with van der Waals surface area (Å²) in [7, 11) is 0. The number of benzene rings is 1. The summed E-state index contributed by atoms with van der Waals surface area (Å²) in [5.41, 5.74) is 2.60. The highest BCUT2D eigenvalue weighted by molar-refractivity contribution is 5.82. The van der Waals surface area contributed by atoms with Crippen LogP contribution < -0.4 is 10.4 Å². The first kappa shape index (κ1) is 23.6. The molecule has 0 bridgehead atoms. The molecule has 0 N–H and O–H groups in total. The van der Waals surface area contributed by atoms with E-state index in [2.05, 4.69) is 9.97 Å². The van der Waals surface area contributed by atoms with E-state index >= 15 is 0 Å². The van der Waals surface area contributed by atoms with E-state index in [-0.39, 0.29) is 18.7 Å². The number of amides is 1. The Labute approximate surface area is 208 Å². The molecule has 1 atom stereocenters. The van der Waals surface area contributed by atoms with Gasteiger partial charge in [-0.1, -0.05) is 12.2 Å². The van der Waals surface area contributed by atoms with Crippen LogP contribution >= 0.6 is 0 Å². The summed E-state index contributed by atoms with van der Waals surface area (Å²) in [4.78, 5) is 36.0. The molecule has 4 heterocycles. The van der Waals surface area contributed by atoms with Crippen molar-refractivity contribution in [2.24, 2.45) is 0 Å². The van der Waals surface area contributed by atoms with Gasteiger partial charge in [-0.15, -0.1) is 0 Å². The van der Waals surface area contributed by atoms with Gasteiger partial charge in [0.15, 0.2) is 5.65 Å². The predicted octanol–water partition coefficient (Wildman–Crippen LogP) is 4.67. The molecule has 0 spiro atoms. The highest BCUT2D eigenvalue weighted by Gasteiger charge is 2.29. The van der Waals surface area contributed by atoms with Crippen LogP contribution in [0.3, 0.4) is 0 Å². The van der Waals surface area contributed by atoms with Crippen LogP contribution in [-0.2, 0) is 4.74 Å². The number of fused-ring (bicyclic) bond motifs is 2. The van der Waals surface area contributed by atoms with Gasteiger partial charge in [0.05, 0.1) is 28.7 Å². The molecule has 0 saturated carbocycles. The van der Waals surface area contributed by atoms with E-state index < -0.39 is 11.2 Å². The van der Waals surface area contributed by atoms with Crippen molar-refractivity contribution >= 4 is 22.7 Å². The van der Waals surface area contributed by atoms with Crippen molar-refractivity contribution in [3.8, 4) is 17.0 Å². The van der Waals surface area contributed by atoms with Crippen molar-refractivity contribution in [2.75, 3.05) is 13.2 Å². The van der Waals surface area contributed by atoms with Gasteiger partial charge >= 0.3 is 11.7 Å². The van der Waals surface area contributed by atoms with E-state index in [4.69, 9.17) is 13.9 Å². The Hall–Kier alpha value is -4.14. The summed E-state index contributed by atoms with van der Waals surface area (Å²) in [6, 6.07) is 6.84. The van der Waals surface area contributed by atoms with Gasteiger partial charge in [-0.3, -0.25) is 9.88 Å². The van der Waals surface area contributed by atoms with Crippen molar-refractivity contribution in [2.45, 2.75) is 46.3 Å². The highest BCUT2D eigenvalue weighted by Crippen LogP contribution is 2.26. The number of hydrogen-bond acceptors (Lipinski definition) is 7. The number of carbonyl (C=O) groups excluding carboxylic acids is 1. The molecule has 9 heteroatoms. The Morgan fingerprint density at radius 1 is 1.17 bits per heavy atom. The minimum Gasteiger partial charge on any atom is -0.491 e. The van der Waals surface area contributed by atoms with Crippen molar-refractivity contribution in [3.63, 3.8) is 0 Å². The second kappa shape index (κ2) is 8.82. The average molecular weight is 489 g/mol. The fourth-order valence-corrected chi connectivity index (χ4v) is 4.22. The number of imidazole rings is 1. The molecule has 0 saturated heterocycles. The van der Waals surface area contributed by atoms with E-state index in [1.165, 1.54) is 0 Å². The number of carbonyl (C=O) groups is 1. The largest absolute Gasteiger partial charge is 0.491 e. The number of aromatic nitrogens is 3. The van der Waals surface area contributed by atoms with Crippen molar-refractivity contribution in [1.82, 2.24) is 19.3 Å². The summed E-state index contributed by atoms with van der Waals surface area (Å²) >= 11 is 0. The van der Waals surface area contributed by atoms with Gasteiger partial charge in [0, 0.05) is 30.4 Å². The van der Waals surface area contributed by atoms with Crippen LogP contribution in [0.4, 0.5) is 4.79 Å². The van der Waals surface area contributed by atoms with Gasteiger partial charge in [-0.05, 0) is 52.8 Å². The maximum atomic E-state index is 12.8. The summed E-state index contributed by atoms with van der Waals surface area (Å²) in [6.45, 7) is 10.0. The topological polar surface area (TPSA) is 99.2 Å². The van der Waals surface area contributed by atoms with E-state index in [9.17, 15) is 9.59 Å². The summed E-state index contributed by atoms with van der Waals surface area (Å²) in [6.07, 6.45) is 7.13. The number of ether oxygens (including phenoxy) is 2. The molecule has 0 unspecified atom stereocenters. The third-order valence-electron chi connectivity index (χ3n) is 5.82. The summed E-state index contributed by atoms with van der Waals surface area (Å²) in [5, 5.41) is 0.746. The Morgan fingerprint density at radius 2 is 1.97 bits per heavy atom. The van der Waals surface area contributed by atoms with E-state index in [0.717, 1.165) is 16.8 Å². The molecule has 4 aromatic rings. The summed E-state index contributed by atoms with van der Waals surface area (Å²) < 4.78 is 18.9. The maximum absolute atomic E-state index is 12.8. The van der Waals surface area contributed by atoms with Crippen molar-refractivity contribution in [1.29, 1.82) is 0 Å². The summed E-state index contributed by atoms with van der Waals surface area (Å²) in [5.74, 6) is 0.535. The van der Waals surface area contributed by atoms with Crippen molar-refractivity contribution < 1.29 is 18.7 Å². The molecular weight excluding hydrogens is 460 g/mol. The predicted molar refractivity (Wildman–Crippen MR) is 135 cm³/mol. The molecule has 9 nitrogen and oxygen atoms in total. The lowest BCUT2D eigenvalue weighted by Gasteiger charge is -2.28. The van der Waals surface area contributed by atoms with Gasteiger partial charge in [-0.2, -0.15) is 0 Å². The maximum Gasteiger partial charge on any atom is 0.411 e. The quantitative estimate of drug-likeness (QED) is 0.304. The highest BCUT2D eigenvalue weighted by atomic mass is 16.6. The fourth-order valence-electron chi connectivity index (χ4n) is 4.22. The van der Waals surface area contributed by atoms with Crippen molar-refractivity contribution in [3.05, 3.63) is 70.6 Å². The Morgan fingerprint density at radius 3 is 2.75 bits per heavy atom. The number of nitrogens with zero attached hydrogens (tertiary/aromatic N) is 4. The Kier molecular flexibility index (Phi) is 5.78. The van der Waals surface area contributed by atoms with Crippen LogP contribution in [0.2, 0.25) is 0 Å². The molecule has 0 fully saturated rings. The first-order valence-electron chi connectivity index (χ1n) is 11.8. The Balaban J connectivity index is 1.35. The Bertz CT molecular complexity index is 1560. The number of rotatable bonds is 4. The lowest BCUT2D eigenvalue weighted by atomic mass is 10.1. The lowest BCUT2D eigenvalue weighted by molar-refractivity contribution is 0.0208. The minimum absolute atomic E-state index is 0.248. The second-order valence-electron chi connectivity index (χ2n) is 9.91. The van der Waals surface area contributed by atoms with E-state index in [0.29, 0.717) is 34.8 Å². The molecule has 3 aromatic heterocycles. The zero-order chi connectivity index (χ0) is 25.6. The molecule has 186 valence electrons. The van der Waals surface area contributed by atoms with Gasteiger partial charge in [0.2, 0.25) is 0 Å².